The van der Waals surface area contributed by atoms with E-state index in [4.69, 9.17) is 0 Å². The zero-order valence-electron chi connectivity index (χ0n) is 6.04. The van der Waals surface area contributed by atoms with E-state index in [1.54, 1.807) is 0 Å². The maximum Gasteiger partial charge on any atom is 0.389 e. The Labute approximate surface area is 65.6 Å². The lowest BCUT2D eigenvalue weighted by atomic mass is 10.2. The molecule has 0 aliphatic rings. The number of rotatable bonds is 4. The molecule has 0 rings (SSSR count). The van der Waals surface area contributed by atoms with Gasteiger partial charge in [0, 0.05) is 6.42 Å². The van der Waals surface area contributed by atoms with Crippen molar-refractivity contribution in [1.82, 2.24) is 0 Å². The van der Waals surface area contributed by atoms with Crippen molar-refractivity contribution in [1.29, 1.82) is 0 Å². The minimum absolute atomic E-state index is 0.588. The second-order valence-electron chi connectivity index (χ2n) is 2.36. The largest absolute Gasteiger partial charge is 0.389 e. The van der Waals surface area contributed by atoms with Crippen LogP contribution in [-0.2, 0) is 0 Å². The van der Waals surface area contributed by atoms with Crippen LogP contribution in [0.5, 0.6) is 0 Å². The number of hydrogen-bond donors (Lipinski definition) is 0. The minimum Gasteiger partial charge on any atom is -0.241 e. The van der Waals surface area contributed by atoms with Crippen molar-refractivity contribution in [2.75, 3.05) is 0 Å². The number of alkyl halides is 6. The van der Waals surface area contributed by atoms with E-state index >= 15 is 0 Å². The van der Waals surface area contributed by atoms with Crippen molar-refractivity contribution in [2.24, 2.45) is 0 Å². The van der Waals surface area contributed by atoms with Crippen molar-refractivity contribution >= 4 is 0 Å². The lowest BCUT2D eigenvalue weighted by molar-refractivity contribution is -0.136. The van der Waals surface area contributed by atoms with Crippen LogP contribution in [0.1, 0.15) is 19.3 Å². The summed E-state index contributed by atoms with van der Waals surface area (Å²) in [7, 11) is 0. The van der Waals surface area contributed by atoms with Crippen LogP contribution >= 0.6 is 0 Å². The molecule has 1 unspecified atom stereocenters. The average molecular weight is 194 g/mol. The van der Waals surface area contributed by atoms with Gasteiger partial charge in [-0.1, -0.05) is 0 Å². The van der Waals surface area contributed by atoms with Gasteiger partial charge in [-0.05, 0) is 12.8 Å². The molecule has 0 aliphatic heterocycles. The Morgan fingerprint density at radius 1 is 1.00 bits per heavy atom. The van der Waals surface area contributed by atoms with Crippen LogP contribution in [0.4, 0.5) is 26.3 Å². The monoisotopic (exact) mass is 194 g/mol. The van der Waals surface area contributed by atoms with Crippen molar-refractivity contribution < 1.29 is 26.3 Å². The molecule has 0 heterocycles. The van der Waals surface area contributed by atoms with Gasteiger partial charge >= 0.3 is 6.18 Å². The van der Waals surface area contributed by atoms with Crippen molar-refractivity contribution in [3.63, 3.8) is 0 Å². The Morgan fingerprint density at radius 2 is 1.50 bits per heavy atom. The highest BCUT2D eigenvalue weighted by Gasteiger charge is 2.28. The van der Waals surface area contributed by atoms with Gasteiger partial charge in [-0.25, -0.2) is 13.2 Å². The van der Waals surface area contributed by atoms with Crippen LogP contribution in [0.25, 0.3) is 0 Å². The highest BCUT2D eigenvalue weighted by molar-refractivity contribution is 4.60. The number of hydrogen-bond acceptors (Lipinski definition) is 0. The van der Waals surface area contributed by atoms with Gasteiger partial charge in [0.1, 0.15) is 0 Å². The second kappa shape index (κ2) is 4.57. The lowest BCUT2D eigenvalue weighted by Crippen LogP contribution is -2.14. The van der Waals surface area contributed by atoms with Crippen molar-refractivity contribution in [3.8, 4) is 0 Å². The summed E-state index contributed by atoms with van der Waals surface area (Å²) in [6.07, 6.45) is -12.5. The molecule has 0 spiro atoms. The molecule has 0 nitrogen and oxygen atoms in total. The molecule has 0 aromatic rings. The van der Waals surface area contributed by atoms with E-state index in [1.165, 1.54) is 0 Å². The summed E-state index contributed by atoms with van der Waals surface area (Å²) in [5.74, 6) is 0. The first kappa shape index (κ1) is 11.6. The third-order valence-electron chi connectivity index (χ3n) is 1.21. The third kappa shape index (κ3) is 6.30. The van der Waals surface area contributed by atoms with Crippen LogP contribution in [0.15, 0.2) is 0 Å². The summed E-state index contributed by atoms with van der Waals surface area (Å²) >= 11 is 0. The van der Waals surface area contributed by atoms with Gasteiger partial charge in [0.15, 0.2) is 6.17 Å². The molecule has 0 fully saturated rings. The first-order valence-corrected chi connectivity index (χ1v) is 3.32. The molecule has 0 bridgehead atoms. The molecular weight excluding hydrogens is 186 g/mol. The lowest BCUT2D eigenvalue weighted by Gasteiger charge is -2.08. The van der Waals surface area contributed by atoms with Crippen LogP contribution < -0.4 is 0 Å². The van der Waals surface area contributed by atoms with Gasteiger partial charge in [0.25, 0.3) is 6.43 Å². The molecule has 0 aliphatic carbocycles. The van der Waals surface area contributed by atoms with E-state index in [-0.39, 0.29) is 0 Å². The quantitative estimate of drug-likeness (QED) is 0.602. The SMILES string of the molecule is FC(F)C(F)CCCC(F)(F)F. The smallest absolute Gasteiger partial charge is 0.241 e. The Morgan fingerprint density at radius 3 is 1.83 bits per heavy atom. The predicted molar refractivity (Wildman–Crippen MR) is 30.8 cm³/mol. The zero-order valence-corrected chi connectivity index (χ0v) is 6.04. The first-order chi connectivity index (χ1) is 5.33. The Hall–Kier alpha value is -0.420. The Kier molecular flexibility index (Phi) is 4.41. The second-order valence-corrected chi connectivity index (χ2v) is 2.36. The predicted octanol–water partition coefficient (Wildman–Crippen LogP) is 3.32. The molecule has 0 N–H and O–H groups in total. The molecule has 0 saturated heterocycles. The van der Waals surface area contributed by atoms with Gasteiger partial charge in [0.05, 0.1) is 0 Å². The van der Waals surface area contributed by atoms with Gasteiger partial charge in [-0.3, -0.25) is 0 Å². The molecule has 12 heavy (non-hydrogen) atoms. The molecule has 0 aromatic heterocycles. The van der Waals surface area contributed by atoms with Gasteiger partial charge < -0.3 is 0 Å². The highest BCUT2D eigenvalue weighted by Crippen LogP contribution is 2.24. The van der Waals surface area contributed by atoms with E-state index in [0.717, 1.165) is 0 Å². The van der Waals surface area contributed by atoms with E-state index in [0.29, 0.717) is 0 Å². The molecule has 0 saturated carbocycles. The van der Waals surface area contributed by atoms with Crippen LogP contribution in [-0.4, -0.2) is 18.8 Å². The molecule has 0 radical (unpaired) electrons. The standard InChI is InChI=1S/C6H8F6/c7-4(5(8)9)2-1-3-6(10,11)12/h4-5H,1-3H2. The first-order valence-electron chi connectivity index (χ1n) is 3.32. The van der Waals surface area contributed by atoms with E-state index in [2.05, 4.69) is 0 Å². The van der Waals surface area contributed by atoms with E-state index in [9.17, 15) is 26.3 Å². The fourth-order valence-corrected chi connectivity index (χ4v) is 0.623. The summed E-state index contributed by atoms with van der Waals surface area (Å²) < 4.78 is 69.0. The average Bonchev–Trinajstić information content (AvgIpc) is 1.84. The minimum atomic E-state index is -4.39. The maximum absolute atomic E-state index is 12.0. The van der Waals surface area contributed by atoms with Gasteiger partial charge in [-0.15, -0.1) is 0 Å². The topological polar surface area (TPSA) is 0 Å². The molecule has 6 heteroatoms. The molecule has 74 valence electrons. The Bertz CT molecular complexity index is 118. The summed E-state index contributed by atoms with van der Waals surface area (Å²) in [4.78, 5) is 0. The highest BCUT2D eigenvalue weighted by atomic mass is 19.4. The van der Waals surface area contributed by atoms with Crippen molar-refractivity contribution in [3.05, 3.63) is 0 Å². The normalized spacial score (nSPS) is 15.2. The summed E-state index contributed by atoms with van der Waals surface area (Å²) in [5, 5.41) is 0. The van der Waals surface area contributed by atoms with Crippen LogP contribution in [0.3, 0.4) is 0 Å². The third-order valence-corrected chi connectivity index (χ3v) is 1.21. The van der Waals surface area contributed by atoms with Gasteiger partial charge in [-0.2, -0.15) is 13.2 Å². The fraction of sp³-hybridized carbons (Fsp3) is 1.00. The fourth-order valence-electron chi connectivity index (χ4n) is 0.623. The summed E-state index contributed by atoms with van der Waals surface area (Å²) in [6.45, 7) is 0. The number of halogens is 6. The molecule has 0 aromatic carbocycles. The zero-order chi connectivity index (χ0) is 9.78. The molecule has 0 amide bonds. The Balaban J connectivity index is 3.44. The van der Waals surface area contributed by atoms with E-state index < -0.39 is 38.0 Å². The van der Waals surface area contributed by atoms with E-state index in [1.807, 2.05) is 0 Å². The maximum atomic E-state index is 12.0. The van der Waals surface area contributed by atoms with Gasteiger partial charge in [0.2, 0.25) is 0 Å². The summed E-state index contributed by atoms with van der Waals surface area (Å²) in [5.41, 5.74) is 0. The molecule has 1 atom stereocenters. The summed E-state index contributed by atoms with van der Waals surface area (Å²) in [6, 6.07) is 0. The molecular formula is C6H8F6. The van der Waals surface area contributed by atoms with Crippen molar-refractivity contribution in [2.45, 2.75) is 38.0 Å². The van der Waals surface area contributed by atoms with Crippen LogP contribution in [0, 0.1) is 0 Å². The van der Waals surface area contributed by atoms with Crippen LogP contribution in [0.2, 0.25) is 0 Å².